The maximum atomic E-state index is 13.7. The third-order valence-electron chi connectivity index (χ3n) is 5.73. The summed E-state index contributed by atoms with van der Waals surface area (Å²) in [5.74, 6) is -0.799. The summed E-state index contributed by atoms with van der Waals surface area (Å²) in [6.45, 7) is 2.22. The number of ketones is 1. The number of benzene rings is 2. The van der Waals surface area contributed by atoms with E-state index in [1.54, 1.807) is 30.3 Å². The number of carbonyl (C=O) groups excluding carboxylic acids is 2. The summed E-state index contributed by atoms with van der Waals surface area (Å²) in [4.78, 5) is 28.2. The average Bonchev–Trinajstić information content (AvgIpc) is 3.37. The van der Waals surface area contributed by atoms with Gasteiger partial charge in [0.05, 0.1) is 32.9 Å². The molecule has 0 saturated heterocycles. The van der Waals surface area contributed by atoms with Gasteiger partial charge in [-0.1, -0.05) is 30.7 Å². The van der Waals surface area contributed by atoms with E-state index in [2.05, 4.69) is 0 Å². The van der Waals surface area contributed by atoms with Crippen molar-refractivity contribution in [2.24, 2.45) is 0 Å². The fourth-order valence-electron chi connectivity index (χ4n) is 4.29. The highest BCUT2D eigenvalue weighted by Crippen LogP contribution is 2.46. The van der Waals surface area contributed by atoms with Gasteiger partial charge in [0.2, 0.25) is 5.78 Å². The number of carbonyl (C=O) groups is 2. The molecule has 0 aliphatic carbocycles. The van der Waals surface area contributed by atoms with Crippen LogP contribution < -0.4 is 14.2 Å². The zero-order chi connectivity index (χ0) is 24.6. The molecule has 0 spiro atoms. The summed E-state index contributed by atoms with van der Waals surface area (Å²) in [7, 11) is 4.44. The second kappa shape index (κ2) is 9.30. The normalized spacial score (nSPS) is 15.9. The van der Waals surface area contributed by atoms with Gasteiger partial charge in [0, 0.05) is 28.6 Å². The molecule has 178 valence electrons. The Kier molecular flexibility index (Phi) is 6.43. The van der Waals surface area contributed by atoms with Crippen molar-refractivity contribution in [3.8, 4) is 17.2 Å². The van der Waals surface area contributed by atoms with E-state index in [1.807, 2.05) is 6.92 Å². The zero-order valence-corrected chi connectivity index (χ0v) is 19.9. The number of amides is 1. The number of halogens is 1. The topological polar surface area (TPSA) is 98.4 Å². The van der Waals surface area contributed by atoms with E-state index in [0.29, 0.717) is 51.8 Å². The summed E-state index contributed by atoms with van der Waals surface area (Å²) in [5.41, 5.74) is 0.738. The van der Waals surface area contributed by atoms with Crippen molar-refractivity contribution in [1.29, 1.82) is 0 Å². The number of para-hydroxylation sites is 1. The van der Waals surface area contributed by atoms with Crippen molar-refractivity contribution in [3.05, 3.63) is 64.1 Å². The third-order valence-corrected chi connectivity index (χ3v) is 5.95. The van der Waals surface area contributed by atoms with E-state index < -0.39 is 23.5 Å². The highest BCUT2D eigenvalue weighted by molar-refractivity contribution is 6.31. The Morgan fingerprint density at radius 1 is 1.12 bits per heavy atom. The van der Waals surface area contributed by atoms with E-state index in [9.17, 15) is 14.7 Å². The monoisotopic (exact) mass is 485 g/mol. The van der Waals surface area contributed by atoms with Crippen LogP contribution in [-0.2, 0) is 4.79 Å². The second-order valence-electron chi connectivity index (χ2n) is 7.71. The first-order valence-electron chi connectivity index (χ1n) is 10.6. The summed E-state index contributed by atoms with van der Waals surface area (Å²) < 4.78 is 22.1. The van der Waals surface area contributed by atoms with Gasteiger partial charge in [-0.3, -0.25) is 9.59 Å². The fraction of sp³-hybridized carbons (Fsp3) is 0.280. The summed E-state index contributed by atoms with van der Waals surface area (Å²) in [5, 5.41) is 11.8. The van der Waals surface area contributed by atoms with Crippen molar-refractivity contribution in [1.82, 2.24) is 4.90 Å². The quantitative estimate of drug-likeness (QED) is 0.443. The van der Waals surface area contributed by atoms with E-state index in [1.165, 1.54) is 32.3 Å². The van der Waals surface area contributed by atoms with Gasteiger partial charge in [-0.15, -0.1) is 0 Å². The Bertz CT molecular complexity index is 1310. The van der Waals surface area contributed by atoms with Crippen LogP contribution in [0, 0.1) is 0 Å². The number of hydrogen-bond acceptors (Lipinski definition) is 7. The largest absolute Gasteiger partial charge is 0.503 e. The van der Waals surface area contributed by atoms with Crippen molar-refractivity contribution >= 4 is 34.3 Å². The number of furan rings is 1. The maximum Gasteiger partial charge on any atom is 0.290 e. The Balaban J connectivity index is 1.89. The summed E-state index contributed by atoms with van der Waals surface area (Å²) in [6, 6.07) is 9.00. The molecule has 1 N–H and O–H groups in total. The smallest absolute Gasteiger partial charge is 0.290 e. The molecule has 0 saturated carbocycles. The van der Waals surface area contributed by atoms with Crippen LogP contribution in [0.4, 0.5) is 0 Å². The lowest BCUT2D eigenvalue weighted by Crippen LogP contribution is -2.32. The minimum Gasteiger partial charge on any atom is -0.503 e. The molecule has 1 unspecified atom stereocenters. The number of nitrogens with zero attached hydrogens (tertiary/aromatic N) is 1. The van der Waals surface area contributed by atoms with Gasteiger partial charge in [-0.25, -0.2) is 0 Å². The van der Waals surface area contributed by atoms with Crippen molar-refractivity contribution in [2.75, 3.05) is 27.9 Å². The Morgan fingerprint density at radius 3 is 2.50 bits per heavy atom. The molecular formula is C25H24ClNO7. The first-order chi connectivity index (χ1) is 16.4. The lowest BCUT2D eigenvalue weighted by Gasteiger charge is -2.28. The molecule has 9 heteroatoms. The van der Waals surface area contributed by atoms with Crippen LogP contribution in [-0.4, -0.2) is 49.6 Å². The molecule has 1 aliphatic rings. The van der Waals surface area contributed by atoms with Gasteiger partial charge < -0.3 is 28.6 Å². The highest BCUT2D eigenvalue weighted by atomic mass is 35.5. The first-order valence-corrected chi connectivity index (χ1v) is 11.0. The Morgan fingerprint density at radius 2 is 1.85 bits per heavy atom. The number of Topliss-reactive ketones (excluding diaryl/α,β-unsaturated/α-hetero) is 1. The van der Waals surface area contributed by atoms with Crippen LogP contribution in [0.3, 0.4) is 0 Å². The average molecular weight is 486 g/mol. The van der Waals surface area contributed by atoms with Gasteiger partial charge in [-0.2, -0.15) is 0 Å². The fourth-order valence-corrected chi connectivity index (χ4v) is 4.51. The zero-order valence-electron chi connectivity index (χ0n) is 19.2. The van der Waals surface area contributed by atoms with Crippen molar-refractivity contribution < 1.29 is 33.3 Å². The van der Waals surface area contributed by atoms with Crippen molar-refractivity contribution in [3.63, 3.8) is 0 Å². The number of fused-ring (bicyclic) bond motifs is 1. The standard InChI is InChI=1S/C25H24ClNO7/c1-5-9-27-20(15-7-6-8-16(31-2)24(15)33-4)19(22(29)25(27)30)21(28)17-11-13-10-14(26)12-18(32-3)23(13)34-17/h6-8,10-12,20,29H,5,9H2,1-4H3. The number of ether oxygens (including phenoxy) is 3. The van der Waals surface area contributed by atoms with Gasteiger partial charge in [0.15, 0.2) is 34.4 Å². The lowest BCUT2D eigenvalue weighted by atomic mass is 9.94. The van der Waals surface area contributed by atoms with Crippen LogP contribution in [0.25, 0.3) is 11.0 Å². The van der Waals surface area contributed by atoms with Crippen LogP contribution in [0.1, 0.15) is 35.5 Å². The third kappa shape index (κ3) is 3.74. The lowest BCUT2D eigenvalue weighted by molar-refractivity contribution is -0.129. The molecule has 0 radical (unpaired) electrons. The van der Waals surface area contributed by atoms with Gasteiger partial charge in [0.25, 0.3) is 5.91 Å². The second-order valence-corrected chi connectivity index (χ2v) is 8.15. The molecule has 8 nitrogen and oxygen atoms in total. The van der Waals surface area contributed by atoms with Gasteiger partial charge in [0.1, 0.15) is 0 Å². The molecule has 3 aromatic rings. The van der Waals surface area contributed by atoms with Gasteiger partial charge in [-0.05, 0) is 24.6 Å². The molecule has 2 heterocycles. The van der Waals surface area contributed by atoms with E-state index in [-0.39, 0.29) is 11.3 Å². The number of aliphatic hydroxyl groups is 1. The minimum atomic E-state index is -0.899. The van der Waals surface area contributed by atoms with Crippen molar-refractivity contribution in [2.45, 2.75) is 19.4 Å². The van der Waals surface area contributed by atoms with Crippen LogP contribution in [0.15, 0.2) is 52.1 Å². The predicted octanol–water partition coefficient (Wildman–Crippen LogP) is 5.10. The number of methoxy groups -OCH3 is 3. The van der Waals surface area contributed by atoms with Crippen LogP contribution in [0.5, 0.6) is 17.2 Å². The van der Waals surface area contributed by atoms with E-state index in [0.717, 1.165) is 0 Å². The summed E-state index contributed by atoms with van der Waals surface area (Å²) in [6.07, 6.45) is 0.615. The molecule has 4 rings (SSSR count). The van der Waals surface area contributed by atoms with Crippen LogP contribution >= 0.6 is 11.6 Å². The first kappa shape index (κ1) is 23.5. The minimum absolute atomic E-state index is 0.0601. The maximum absolute atomic E-state index is 13.7. The molecule has 1 atom stereocenters. The SMILES string of the molecule is CCCN1C(=O)C(O)=C(C(=O)c2cc3cc(Cl)cc(OC)c3o2)C1c1cccc(OC)c1OC. The Hall–Kier alpha value is -3.65. The Labute approximate surface area is 201 Å². The molecule has 0 bridgehead atoms. The molecule has 1 amide bonds. The molecular weight excluding hydrogens is 462 g/mol. The molecule has 0 fully saturated rings. The number of hydrogen-bond donors (Lipinski definition) is 1. The molecule has 1 aliphatic heterocycles. The highest BCUT2D eigenvalue weighted by Gasteiger charge is 2.45. The molecule has 2 aromatic carbocycles. The number of rotatable bonds is 8. The van der Waals surface area contributed by atoms with Crippen LogP contribution in [0.2, 0.25) is 5.02 Å². The molecule has 1 aromatic heterocycles. The molecule has 34 heavy (non-hydrogen) atoms. The van der Waals surface area contributed by atoms with E-state index in [4.69, 9.17) is 30.2 Å². The number of aliphatic hydroxyl groups excluding tert-OH is 1. The van der Waals surface area contributed by atoms with Gasteiger partial charge >= 0.3 is 0 Å². The predicted molar refractivity (Wildman–Crippen MR) is 126 cm³/mol. The van der Waals surface area contributed by atoms with E-state index >= 15 is 0 Å². The summed E-state index contributed by atoms with van der Waals surface area (Å²) >= 11 is 6.15.